The second kappa shape index (κ2) is 14.2. The van der Waals surface area contributed by atoms with Crippen molar-refractivity contribution in [3.63, 3.8) is 0 Å². The van der Waals surface area contributed by atoms with Gasteiger partial charge in [0.25, 0.3) is 17.7 Å². The first-order chi connectivity index (χ1) is 28.1. The van der Waals surface area contributed by atoms with E-state index in [9.17, 15) is 29.2 Å². The van der Waals surface area contributed by atoms with E-state index in [0.29, 0.717) is 53.4 Å². The summed E-state index contributed by atoms with van der Waals surface area (Å²) in [6.07, 6.45) is 3.32. The molecule has 302 valence electrons. The molecule has 1 unspecified atom stereocenters. The van der Waals surface area contributed by atoms with Crippen LogP contribution in [0.5, 0.6) is 5.75 Å². The van der Waals surface area contributed by atoms with E-state index in [1.807, 2.05) is 21.9 Å². The van der Waals surface area contributed by atoms with Gasteiger partial charge in [0.05, 0.1) is 16.8 Å². The van der Waals surface area contributed by atoms with Gasteiger partial charge in [-0.15, -0.1) is 0 Å². The number of hydrogen-bond donors (Lipinski definition) is 1. The second-order valence-electron chi connectivity index (χ2n) is 17.6. The molecule has 15 heteroatoms. The first kappa shape index (κ1) is 38.7. The van der Waals surface area contributed by atoms with Crippen LogP contribution in [-0.4, -0.2) is 105 Å². The summed E-state index contributed by atoms with van der Waals surface area (Å²) >= 11 is 6.29. The van der Waals surface area contributed by atoms with Crippen molar-refractivity contribution >= 4 is 47.0 Å². The Morgan fingerprint density at radius 2 is 1.64 bits per heavy atom. The van der Waals surface area contributed by atoms with E-state index in [2.05, 4.69) is 71.9 Å². The lowest BCUT2D eigenvalue weighted by atomic mass is 9.49. The fourth-order valence-corrected chi connectivity index (χ4v) is 10.7. The minimum Gasteiger partial charge on any atom is -0.489 e. The number of piperidine rings is 2. The van der Waals surface area contributed by atoms with Crippen molar-refractivity contribution in [3.05, 3.63) is 81.3 Å². The molecule has 2 aromatic carbocycles. The third kappa shape index (κ3) is 6.41. The molecule has 9 rings (SSSR count). The standard InChI is InChI=1S/C44H43ClN8O6/c1-43(2)41(44(3,4)42(43)59-29-9-8-26(19-46)31(45)18-29)52-21-27-17-25(7-10-30(27)38(52)56)6-5-24-13-15-50(16-14-24)28-22-51(23-28)33-20-47-35-36(48-33)40(58)53(39(35)57)32-11-12-34(54)49-37(32)55/h7-10,17-18,20,24,28,32,41-42H,11-16,21-23H2,1-4H3,(H,49,54,55). The molecule has 3 saturated heterocycles. The maximum atomic E-state index is 13.8. The quantitative estimate of drug-likeness (QED) is 0.280. The van der Waals surface area contributed by atoms with E-state index in [1.165, 1.54) is 6.20 Å². The largest absolute Gasteiger partial charge is 0.489 e. The molecule has 6 heterocycles. The molecule has 59 heavy (non-hydrogen) atoms. The molecule has 1 atom stereocenters. The second-order valence-corrected chi connectivity index (χ2v) is 18.0. The number of halogens is 1. The van der Waals surface area contributed by atoms with Crippen molar-refractivity contribution in [1.82, 2.24) is 30.0 Å². The normalized spacial score (nSPS) is 25.1. The molecule has 5 amide bonds. The average Bonchev–Trinajstić information content (AvgIpc) is 3.62. The Morgan fingerprint density at radius 3 is 2.34 bits per heavy atom. The Labute approximate surface area is 346 Å². The fourth-order valence-electron chi connectivity index (χ4n) is 10.5. The number of hydrogen-bond acceptors (Lipinski definition) is 11. The van der Waals surface area contributed by atoms with Crippen LogP contribution in [0.1, 0.15) is 101 Å². The zero-order valence-electron chi connectivity index (χ0n) is 33.3. The Balaban J connectivity index is 0.777. The zero-order valence-corrected chi connectivity index (χ0v) is 34.0. The molecular weight excluding hydrogens is 772 g/mol. The van der Waals surface area contributed by atoms with E-state index >= 15 is 0 Å². The van der Waals surface area contributed by atoms with E-state index < -0.39 is 29.7 Å². The molecule has 4 fully saturated rings. The molecular formula is C44H43ClN8O6. The van der Waals surface area contributed by atoms with Gasteiger partial charge >= 0.3 is 0 Å². The van der Waals surface area contributed by atoms with E-state index in [4.69, 9.17) is 16.3 Å². The predicted octanol–water partition coefficient (Wildman–Crippen LogP) is 4.19. The number of aromatic nitrogens is 2. The smallest absolute Gasteiger partial charge is 0.282 e. The van der Waals surface area contributed by atoms with Crippen LogP contribution in [0, 0.1) is 39.9 Å². The molecule has 1 aliphatic carbocycles. The van der Waals surface area contributed by atoms with Crippen LogP contribution in [-0.2, 0) is 16.1 Å². The van der Waals surface area contributed by atoms with Crippen molar-refractivity contribution in [2.45, 2.75) is 84.2 Å². The summed E-state index contributed by atoms with van der Waals surface area (Å²) in [4.78, 5) is 80.1. The number of nitriles is 1. The third-order valence-electron chi connectivity index (χ3n) is 13.1. The highest BCUT2D eigenvalue weighted by Gasteiger charge is 2.67. The summed E-state index contributed by atoms with van der Waals surface area (Å²) in [5, 5.41) is 11.8. The number of nitrogens with one attached hydrogen (secondary N) is 1. The average molecular weight is 815 g/mol. The summed E-state index contributed by atoms with van der Waals surface area (Å²) in [5.41, 5.74) is 2.16. The van der Waals surface area contributed by atoms with Gasteiger partial charge in [0.1, 0.15) is 29.8 Å². The molecule has 0 bridgehead atoms. The number of amides is 5. The predicted molar refractivity (Wildman–Crippen MR) is 214 cm³/mol. The number of rotatable bonds is 6. The number of carbonyl (C=O) groups excluding carboxylic acids is 5. The highest BCUT2D eigenvalue weighted by Crippen LogP contribution is 2.59. The molecule has 6 aliphatic rings. The van der Waals surface area contributed by atoms with Crippen LogP contribution in [0.25, 0.3) is 0 Å². The number of fused-ring (bicyclic) bond motifs is 2. The van der Waals surface area contributed by atoms with Crippen molar-refractivity contribution < 1.29 is 28.7 Å². The summed E-state index contributed by atoms with van der Waals surface area (Å²) in [6.45, 7) is 12.3. The molecule has 5 aliphatic heterocycles. The fraction of sp³-hybridized carbons (Fsp3) is 0.455. The monoisotopic (exact) mass is 814 g/mol. The first-order valence-electron chi connectivity index (χ1n) is 20.0. The Kier molecular flexibility index (Phi) is 9.29. The topological polar surface area (TPSA) is 169 Å². The van der Waals surface area contributed by atoms with Crippen molar-refractivity contribution in [2.75, 3.05) is 31.1 Å². The minimum atomic E-state index is -1.06. The lowest BCUT2D eigenvalue weighted by molar-refractivity contribution is -0.199. The van der Waals surface area contributed by atoms with Crippen LogP contribution in [0.15, 0.2) is 42.6 Å². The molecule has 0 radical (unpaired) electrons. The number of carbonyl (C=O) groups is 5. The lowest BCUT2D eigenvalue weighted by Gasteiger charge is -2.65. The van der Waals surface area contributed by atoms with Gasteiger partial charge in [0.15, 0.2) is 11.4 Å². The van der Waals surface area contributed by atoms with Crippen molar-refractivity contribution in [2.24, 2.45) is 16.7 Å². The highest BCUT2D eigenvalue weighted by atomic mass is 35.5. The van der Waals surface area contributed by atoms with Gasteiger partial charge in [-0.1, -0.05) is 51.1 Å². The Bertz CT molecular complexity index is 2440. The van der Waals surface area contributed by atoms with Gasteiger partial charge in [0.2, 0.25) is 11.8 Å². The molecule has 1 aromatic heterocycles. The number of likely N-dealkylation sites (tertiary alicyclic amines) is 1. The van der Waals surface area contributed by atoms with Gasteiger partial charge in [-0.25, -0.2) is 9.97 Å². The Hall–Kier alpha value is -5.83. The summed E-state index contributed by atoms with van der Waals surface area (Å²) in [7, 11) is 0. The van der Waals surface area contributed by atoms with Gasteiger partial charge in [-0.2, -0.15) is 5.26 Å². The van der Waals surface area contributed by atoms with Crippen LogP contribution in [0.2, 0.25) is 5.02 Å². The van der Waals surface area contributed by atoms with Crippen LogP contribution in [0.4, 0.5) is 5.82 Å². The molecule has 1 saturated carbocycles. The summed E-state index contributed by atoms with van der Waals surface area (Å²) in [5.74, 6) is 5.86. The number of anilines is 1. The molecule has 1 N–H and O–H groups in total. The SMILES string of the molecule is CC1(C)C(Oc2ccc(C#N)c(Cl)c2)C(C)(C)C1N1Cc2cc(C#CC3CCN(C4CN(c5cnc6c(n5)C(=O)N(C5CCC(=O)NC5=O)C6=O)C4)CC3)ccc2C1=O. The lowest BCUT2D eigenvalue weighted by Crippen LogP contribution is -2.74. The Morgan fingerprint density at radius 1 is 0.915 bits per heavy atom. The van der Waals surface area contributed by atoms with E-state index in [-0.39, 0.29) is 59.0 Å². The maximum Gasteiger partial charge on any atom is 0.282 e. The third-order valence-corrected chi connectivity index (χ3v) is 13.4. The van der Waals surface area contributed by atoms with E-state index in [1.54, 1.807) is 18.2 Å². The van der Waals surface area contributed by atoms with E-state index in [0.717, 1.165) is 42.0 Å². The zero-order chi connectivity index (χ0) is 41.5. The first-order valence-corrected chi connectivity index (χ1v) is 20.4. The van der Waals surface area contributed by atoms with Crippen molar-refractivity contribution in [3.8, 4) is 23.7 Å². The van der Waals surface area contributed by atoms with Crippen LogP contribution in [0.3, 0.4) is 0 Å². The van der Waals surface area contributed by atoms with Gasteiger partial charge < -0.3 is 14.5 Å². The summed E-state index contributed by atoms with van der Waals surface area (Å²) < 4.78 is 6.47. The highest BCUT2D eigenvalue weighted by molar-refractivity contribution is 6.31. The number of ether oxygens (including phenoxy) is 1. The number of benzene rings is 2. The van der Waals surface area contributed by atoms with Gasteiger partial charge in [-0.3, -0.25) is 39.1 Å². The number of nitrogens with zero attached hydrogens (tertiary/aromatic N) is 7. The van der Waals surface area contributed by atoms with Gasteiger partial charge in [0, 0.05) is 72.1 Å². The van der Waals surface area contributed by atoms with Crippen LogP contribution >= 0.6 is 11.6 Å². The van der Waals surface area contributed by atoms with Crippen molar-refractivity contribution in [1.29, 1.82) is 5.26 Å². The molecule has 3 aromatic rings. The van der Waals surface area contributed by atoms with Gasteiger partial charge in [-0.05, 0) is 68.2 Å². The minimum absolute atomic E-state index is 0.0238. The number of imide groups is 2. The maximum absolute atomic E-state index is 13.8. The molecule has 14 nitrogen and oxygen atoms in total. The molecule has 0 spiro atoms. The van der Waals surface area contributed by atoms with Crippen LogP contribution < -0.4 is 15.0 Å². The summed E-state index contributed by atoms with van der Waals surface area (Å²) in [6, 6.07) is 12.3.